The van der Waals surface area contributed by atoms with Gasteiger partial charge in [0.1, 0.15) is 5.82 Å². The van der Waals surface area contributed by atoms with Crippen molar-refractivity contribution in [1.29, 1.82) is 0 Å². The minimum atomic E-state index is -0.338. The number of ether oxygens (including phenoxy) is 1. The van der Waals surface area contributed by atoms with E-state index in [1.807, 2.05) is 0 Å². The van der Waals surface area contributed by atoms with Gasteiger partial charge in [0.15, 0.2) is 0 Å². The first-order valence-electron chi connectivity index (χ1n) is 5.03. The van der Waals surface area contributed by atoms with E-state index in [2.05, 4.69) is 5.32 Å². The first-order valence-corrected chi connectivity index (χ1v) is 5.41. The Hall–Kier alpha value is -0.840. The fourth-order valence-corrected chi connectivity index (χ4v) is 1.74. The van der Waals surface area contributed by atoms with Crippen LogP contribution in [-0.4, -0.2) is 31.5 Å². The SMILES string of the molecule is OCC1(CNc2cc(F)ccc2Cl)COC1. The molecule has 1 fully saturated rings. The molecule has 0 unspecified atom stereocenters. The Kier molecular flexibility index (Phi) is 3.33. The molecule has 0 amide bonds. The maximum absolute atomic E-state index is 13.0. The van der Waals surface area contributed by atoms with Gasteiger partial charge in [-0.25, -0.2) is 4.39 Å². The molecule has 1 aliphatic heterocycles. The summed E-state index contributed by atoms with van der Waals surface area (Å²) in [6.07, 6.45) is 0. The van der Waals surface area contributed by atoms with Crippen LogP contribution in [0.2, 0.25) is 5.02 Å². The second-order valence-electron chi connectivity index (χ2n) is 4.13. The van der Waals surface area contributed by atoms with E-state index in [0.29, 0.717) is 30.5 Å². The summed E-state index contributed by atoms with van der Waals surface area (Å²) < 4.78 is 18.0. The van der Waals surface area contributed by atoms with Crippen molar-refractivity contribution in [2.75, 3.05) is 31.7 Å². The van der Waals surface area contributed by atoms with E-state index in [4.69, 9.17) is 16.3 Å². The quantitative estimate of drug-likeness (QED) is 0.851. The minimum Gasteiger partial charge on any atom is -0.396 e. The molecule has 2 N–H and O–H groups in total. The number of benzene rings is 1. The lowest BCUT2D eigenvalue weighted by molar-refractivity contribution is -0.128. The molecule has 0 spiro atoms. The number of hydrogen-bond acceptors (Lipinski definition) is 3. The molecular formula is C11H13ClFNO2. The highest BCUT2D eigenvalue weighted by Crippen LogP contribution is 2.29. The normalized spacial score (nSPS) is 17.9. The molecule has 1 aromatic rings. The molecule has 0 aliphatic carbocycles. The summed E-state index contributed by atoms with van der Waals surface area (Å²) in [5.41, 5.74) is 0.289. The van der Waals surface area contributed by atoms with Crippen LogP contribution in [-0.2, 0) is 4.74 Å². The summed E-state index contributed by atoms with van der Waals surface area (Å²) in [5, 5.41) is 12.7. The average Bonchev–Trinajstić information content (AvgIpc) is 2.22. The second-order valence-corrected chi connectivity index (χ2v) is 4.54. The third kappa shape index (κ3) is 2.29. The molecule has 1 aliphatic rings. The molecule has 1 saturated heterocycles. The summed E-state index contributed by atoms with van der Waals surface area (Å²) in [4.78, 5) is 0. The van der Waals surface area contributed by atoms with Gasteiger partial charge in [-0.3, -0.25) is 0 Å². The van der Waals surface area contributed by atoms with Crippen LogP contribution in [0, 0.1) is 11.2 Å². The van der Waals surface area contributed by atoms with E-state index in [-0.39, 0.29) is 17.8 Å². The maximum Gasteiger partial charge on any atom is 0.125 e. The summed E-state index contributed by atoms with van der Waals surface area (Å²) in [5.74, 6) is -0.338. The van der Waals surface area contributed by atoms with E-state index < -0.39 is 0 Å². The molecule has 2 rings (SSSR count). The molecule has 3 nitrogen and oxygen atoms in total. The van der Waals surface area contributed by atoms with Gasteiger partial charge in [0, 0.05) is 6.54 Å². The highest BCUT2D eigenvalue weighted by Gasteiger charge is 2.37. The van der Waals surface area contributed by atoms with Gasteiger partial charge in [0.05, 0.1) is 35.9 Å². The monoisotopic (exact) mass is 245 g/mol. The molecular weight excluding hydrogens is 233 g/mol. The van der Waals surface area contributed by atoms with E-state index in [0.717, 1.165) is 0 Å². The Labute approximate surface area is 98.2 Å². The Balaban J connectivity index is 2.01. The number of hydrogen-bond donors (Lipinski definition) is 2. The topological polar surface area (TPSA) is 41.5 Å². The lowest BCUT2D eigenvalue weighted by Crippen LogP contribution is -2.50. The molecule has 5 heteroatoms. The second kappa shape index (κ2) is 4.57. The van der Waals surface area contributed by atoms with E-state index in [9.17, 15) is 9.50 Å². The minimum absolute atomic E-state index is 0.0485. The molecule has 1 heterocycles. The largest absolute Gasteiger partial charge is 0.396 e. The van der Waals surface area contributed by atoms with Crippen molar-refractivity contribution in [3.05, 3.63) is 29.0 Å². The maximum atomic E-state index is 13.0. The van der Waals surface area contributed by atoms with E-state index in [1.54, 1.807) is 0 Å². The van der Waals surface area contributed by atoms with Crippen molar-refractivity contribution in [3.63, 3.8) is 0 Å². The zero-order valence-electron chi connectivity index (χ0n) is 8.67. The van der Waals surface area contributed by atoms with Crippen LogP contribution in [0.1, 0.15) is 0 Å². The van der Waals surface area contributed by atoms with Crippen LogP contribution in [0.25, 0.3) is 0 Å². The number of rotatable bonds is 4. The summed E-state index contributed by atoms with van der Waals surface area (Å²) in [6, 6.07) is 4.15. The number of nitrogens with one attached hydrogen (secondary N) is 1. The van der Waals surface area contributed by atoms with Crippen molar-refractivity contribution in [1.82, 2.24) is 0 Å². The number of aliphatic hydroxyl groups is 1. The molecule has 0 atom stereocenters. The van der Waals surface area contributed by atoms with Gasteiger partial charge < -0.3 is 15.2 Å². The van der Waals surface area contributed by atoms with Crippen molar-refractivity contribution in [2.24, 2.45) is 5.41 Å². The van der Waals surface area contributed by atoms with Crippen LogP contribution in [0.4, 0.5) is 10.1 Å². The van der Waals surface area contributed by atoms with Crippen LogP contribution < -0.4 is 5.32 Å². The molecule has 1 aromatic carbocycles. The number of anilines is 1. The highest BCUT2D eigenvalue weighted by atomic mass is 35.5. The zero-order valence-corrected chi connectivity index (χ0v) is 9.43. The van der Waals surface area contributed by atoms with E-state index in [1.165, 1.54) is 18.2 Å². The highest BCUT2D eigenvalue weighted by molar-refractivity contribution is 6.33. The number of halogens is 2. The van der Waals surface area contributed by atoms with Crippen molar-refractivity contribution < 1.29 is 14.2 Å². The fraction of sp³-hybridized carbons (Fsp3) is 0.455. The first-order chi connectivity index (χ1) is 7.65. The smallest absolute Gasteiger partial charge is 0.125 e. The molecule has 0 saturated carbocycles. The van der Waals surface area contributed by atoms with Gasteiger partial charge in [-0.2, -0.15) is 0 Å². The predicted molar refractivity (Wildman–Crippen MR) is 60.2 cm³/mol. The average molecular weight is 246 g/mol. The van der Waals surface area contributed by atoms with E-state index >= 15 is 0 Å². The Morgan fingerprint density at radius 3 is 2.81 bits per heavy atom. The summed E-state index contributed by atoms with van der Waals surface area (Å²) in [6.45, 7) is 1.60. The Bertz CT molecular complexity index is 377. The molecule has 16 heavy (non-hydrogen) atoms. The molecule has 0 bridgehead atoms. The van der Waals surface area contributed by atoms with Crippen LogP contribution >= 0.6 is 11.6 Å². The zero-order chi connectivity index (χ0) is 11.6. The molecule has 88 valence electrons. The Morgan fingerprint density at radius 2 is 2.25 bits per heavy atom. The summed E-state index contributed by atoms with van der Waals surface area (Å²) >= 11 is 5.91. The van der Waals surface area contributed by atoms with Crippen molar-refractivity contribution in [2.45, 2.75) is 0 Å². The van der Waals surface area contributed by atoms with Gasteiger partial charge in [0.25, 0.3) is 0 Å². The summed E-state index contributed by atoms with van der Waals surface area (Å²) in [7, 11) is 0. The standard InChI is InChI=1S/C11H13ClFNO2/c12-9-2-1-8(13)3-10(9)14-4-11(5-15)6-16-7-11/h1-3,14-15H,4-7H2. The Morgan fingerprint density at radius 1 is 1.50 bits per heavy atom. The third-order valence-corrected chi connectivity index (χ3v) is 3.06. The fourth-order valence-electron chi connectivity index (χ4n) is 1.56. The first kappa shape index (κ1) is 11.6. The third-order valence-electron chi connectivity index (χ3n) is 2.73. The van der Waals surface area contributed by atoms with Crippen LogP contribution in [0.3, 0.4) is 0 Å². The van der Waals surface area contributed by atoms with Crippen LogP contribution in [0.15, 0.2) is 18.2 Å². The van der Waals surface area contributed by atoms with Crippen LogP contribution in [0.5, 0.6) is 0 Å². The lowest BCUT2D eigenvalue weighted by Gasteiger charge is -2.40. The van der Waals surface area contributed by atoms with Gasteiger partial charge in [-0.1, -0.05) is 11.6 Å². The van der Waals surface area contributed by atoms with Gasteiger partial charge in [-0.05, 0) is 18.2 Å². The van der Waals surface area contributed by atoms with Crippen molar-refractivity contribution >= 4 is 17.3 Å². The molecule has 0 aromatic heterocycles. The number of aliphatic hydroxyl groups excluding tert-OH is 1. The van der Waals surface area contributed by atoms with Gasteiger partial charge in [0.2, 0.25) is 0 Å². The predicted octanol–water partition coefficient (Wildman–Crippen LogP) is 1.90. The van der Waals surface area contributed by atoms with Crippen molar-refractivity contribution in [3.8, 4) is 0 Å². The van der Waals surface area contributed by atoms with Gasteiger partial charge in [-0.15, -0.1) is 0 Å². The van der Waals surface area contributed by atoms with Gasteiger partial charge >= 0.3 is 0 Å². The lowest BCUT2D eigenvalue weighted by atomic mass is 9.87. The molecule has 0 radical (unpaired) electrons.